The Kier molecular flexibility index (Phi) is 4.58. The molecule has 4 nitrogen and oxygen atoms in total. The van der Waals surface area contributed by atoms with Crippen molar-refractivity contribution in [3.05, 3.63) is 17.5 Å². The number of hydrogen-bond donors (Lipinski definition) is 1. The normalized spacial score (nSPS) is 23.3. The summed E-state index contributed by atoms with van der Waals surface area (Å²) in [6, 6.07) is 2.09. The van der Waals surface area contributed by atoms with Crippen LogP contribution in [0.15, 0.2) is 6.07 Å². The molecule has 2 heterocycles. The van der Waals surface area contributed by atoms with Crippen molar-refractivity contribution in [2.24, 2.45) is 0 Å². The van der Waals surface area contributed by atoms with Crippen LogP contribution >= 0.6 is 0 Å². The summed E-state index contributed by atoms with van der Waals surface area (Å²) >= 11 is 0. The smallest absolute Gasteiger partial charge is 0.115 e. The molecule has 19 heavy (non-hydrogen) atoms. The van der Waals surface area contributed by atoms with Gasteiger partial charge in [-0.05, 0) is 33.3 Å². The summed E-state index contributed by atoms with van der Waals surface area (Å²) in [7, 11) is 0. The number of aryl methyl sites for hydroxylation is 2. The van der Waals surface area contributed by atoms with Gasteiger partial charge in [0.2, 0.25) is 0 Å². The molecule has 0 aliphatic carbocycles. The zero-order valence-corrected chi connectivity index (χ0v) is 12.1. The second kappa shape index (κ2) is 6.01. The van der Waals surface area contributed by atoms with Crippen molar-refractivity contribution in [1.29, 1.82) is 0 Å². The first-order valence-corrected chi connectivity index (χ1v) is 7.03. The molecule has 1 aliphatic rings. The third-order valence-corrected chi connectivity index (χ3v) is 3.51. The Hall–Kier alpha value is -0.940. The molecule has 0 spiro atoms. The van der Waals surface area contributed by atoms with Gasteiger partial charge in [0, 0.05) is 31.2 Å². The minimum atomic E-state index is -1.24. The van der Waals surface area contributed by atoms with Crippen molar-refractivity contribution in [3.63, 3.8) is 0 Å². The number of alkyl halides is 1. The lowest BCUT2D eigenvalue weighted by molar-refractivity contribution is 0.0478. The third-order valence-electron chi connectivity index (χ3n) is 3.51. The molecule has 1 N–H and O–H groups in total. The Balaban J connectivity index is 1.98. The quantitative estimate of drug-likeness (QED) is 0.887. The van der Waals surface area contributed by atoms with Crippen LogP contribution in [0.4, 0.5) is 4.39 Å². The number of nitrogens with one attached hydrogen (secondary N) is 1. The summed E-state index contributed by atoms with van der Waals surface area (Å²) in [6.07, 6.45) is 0.876. The highest BCUT2D eigenvalue weighted by atomic mass is 19.1. The van der Waals surface area contributed by atoms with E-state index in [1.54, 1.807) is 6.92 Å². The van der Waals surface area contributed by atoms with E-state index in [4.69, 9.17) is 4.74 Å². The van der Waals surface area contributed by atoms with Gasteiger partial charge in [-0.15, -0.1) is 0 Å². The fraction of sp³-hybridized carbons (Fsp3) is 0.786. The molecule has 1 aromatic rings. The molecule has 1 saturated heterocycles. The number of nitrogens with zero attached hydrogens (tertiary/aromatic N) is 2. The zero-order chi connectivity index (χ0) is 13.9. The van der Waals surface area contributed by atoms with Crippen LogP contribution in [0.2, 0.25) is 0 Å². The van der Waals surface area contributed by atoms with Crippen LogP contribution in [0, 0.1) is 6.92 Å². The molecule has 0 saturated carbocycles. The van der Waals surface area contributed by atoms with Gasteiger partial charge in [-0.1, -0.05) is 0 Å². The second-order valence-electron chi connectivity index (χ2n) is 5.61. The van der Waals surface area contributed by atoms with Crippen molar-refractivity contribution in [2.45, 2.75) is 51.9 Å². The molecule has 0 aromatic carbocycles. The third kappa shape index (κ3) is 4.01. The van der Waals surface area contributed by atoms with Crippen molar-refractivity contribution in [3.8, 4) is 0 Å². The topological polar surface area (TPSA) is 39.1 Å². The number of hydrogen-bond acceptors (Lipinski definition) is 3. The van der Waals surface area contributed by atoms with E-state index in [1.807, 2.05) is 24.6 Å². The van der Waals surface area contributed by atoms with Gasteiger partial charge in [0.05, 0.1) is 18.9 Å². The van der Waals surface area contributed by atoms with Crippen LogP contribution < -0.4 is 5.32 Å². The minimum Gasteiger partial charge on any atom is -0.379 e. The highest BCUT2D eigenvalue weighted by Crippen LogP contribution is 2.24. The Morgan fingerprint density at radius 1 is 1.63 bits per heavy atom. The van der Waals surface area contributed by atoms with Crippen molar-refractivity contribution >= 4 is 0 Å². The molecule has 2 atom stereocenters. The van der Waals surface area contributed by atoms with E-state index in [9.17, 15) is 4.39 Å². The molecular weight excluding hydrogens is 245 g/mol. The molecular formula is C14H24FN3O. The first kappa shape index (κ1) is 14.5. The number of aromatic nitrogens is 2. The maximum absolute atomic E-state index is 14.7. The van der Waals surface area contributed by atoms with Crippen molar-refractivity contribution < 1.29 is 9.13 Å². The van der Waals surface area contributed by atoms with Crippen LogP contribution in [0.25, 0.3) is 0 Å². The van der Waals surface area contributed by atoms with Crippen LogP contribution in [-0.4, -0.2) is 41.2 Å². The van der Waals surface area contributed by atoms with Crippen molar-refractivity contribution in [2.75, 3.05) is 19.8 Å². The first-order chi connectivity index (χ1) is 9.00. The molecule has 0 radical (unpaired) electrons. The minimum absolute atomic E-state index is 0.114. The van der Waals surface area contributed by atoms with Gasteiger partial charge in [-0.25, -0.2) is 4.39 Å². The fourth-order valence-corrected chi connectivity index (χ4v) is 2.73. The van der Waals surface area contributed by atoms with Gasteiger partial charge < -0.3 is 10.1 Å². The molecule has 5 heteroatoms. The summed E-state index contributed by atoms with van der Waals surface area (Å²) in [5.41, 5.74) is 0.686. The molecule has 0 amide bonds. The van der Waals surface area contributed by atoms with Crippen LogP contribution in [0.5, 0.6) is 0 Å². The molecule has 2 rings (SSSR count). The first-order valence-electron chi connectivity index (χ1n) is 7.03. The summed E-state index contributed by atoms with van der Waals surface area (Å²) < 4.78 is 22.0. The van der Waals surface area contributed by atoms with Gasteiger partial charge >= 0.3 is 0 Å². The van der Waals surface area contributed by atoms with E-state index in [-0.39, 0.29) is 6.04 Å². The van der Waals surface area contributed by atoms with Crippen molar-refractivity contribution in [1.82, 2.24) is 15.1 Å². The predicted octanol–water partition coefficient (Wildman–Crippen LogP) is 1.86. The van der Waals surface area contributed by atoms with Gasteiger partial charge in [0.1, 0.15) is 5.67 Å². The Labute approximate surface area is 114 Å². The van der Waals surface area contributed by atoms with Gasteiger partial charge in [-0.2, -0.15) is 5.10 Å². The zero-order valence-electron chi connectivity index (χ0n) is 12.1. The van der Waals surface area contributed by atoms with E-state index in [0.717, 1.165) is 31.1 Å². The molecule has 108 valence electrons. The average Bonchev–Trinajstić information content (AvgIpc) is 2.69. The van der Waals surface area contributed by atoms with Crippen LogP contribution in [0.3, 0.4) is 0 Å². The van der Waals surface area contributed by atoms with Crippen LogP contribution in [-0.2, 0) is 17.7 Å². The lowest BCUT2D eigenvalue weighted by Gasteiger charge is -2.30. The Bertz CT molecular complexity index is 411. The molecule has 1 aromatic heterocycles. The number of ether oxygens (including phenoxy) is 1. The monoisotopic (exact) mass is 269 g/mol. The summed E-state index contributed by atoms with van der Waals surface area (Å²) in [5, 5.41) is 7.68. The molecule has 1 fully saturated rings. The average molecular weight is 269 g/mol. The van der Waals surface area contributed by atoms with E-state index in [2.05, 4.69) is 10.4 Å². The number of rotatable bonds is 5. The molecule has 2 unspecified atom stereocenters. The van der Waals surface area contributed by atoms with Gasteiger partial charge in [0.25, 0.3) is 0 Å². The SMILES string of the molecule is CCn1nc(C)cc1CC(C)(F)CC1COCCN1. The van der Waals surface area contributed by atoms with Crippen LogP contribution in [0.1, 0.15) is 31.7 Å². The predicted molar refractivity (Wildman–Crippen MR) is 73.1 cm³/mol. The molecule has 0 bridgehead atoms. The maximum Gasteiger partial charge on any atom is 0.115 e. The highest BCUT2D eigenvalue weighted by molar-refractivity contribution is 5.11. The Morgan fingerprint density at radius 3 is 3.05 bits per heavy atom. The van der Waals surface area contributed by atoms with Gasteiger partial charge in [-0.3, -0.25) is 4.68 Å². The lowest BCUT2D eigenvalue weighted by Crippen LogP contribution is -2.45. The highest BCUT2D eigenvalue weighted by Gasteiger charge is 2.30. The molecule has 1 aliphatic heterocycles. The van der Waals surface area contributed by atoms with E-state index in [1.165, 1.54) is 0 Å². The maximum atomic E-state index is 14.7. The number of halogens is 1. The lowest BCUT2D eigenvalue weighted by atomic mass is 9.93. The standard InChI is InChI=1S/C14H24FN3O/c1-4-18-13(7-11(2)17-18)9-14(3,15)8-12-10-19-6-5-16-12/h7,12,16H,4-6,8-10H2,1-3H3. The largest absolute Gasteiger partial charge is 0.379 e. The van der Waals surface area contributed by atoms with Gasteiger partial charge in [0.15, 0.2) is 0 Å². The number of morpholine rings is 1. The second-order valence-corrected chi connectivity index (χ2v) is 5.61. The summed E-state index contributed by atoms with van der Waals surface area (Å²) in [5.74, 6) is 0. The van der Waals surface area contributed by atoms with E-state index >= 15 is 0 Å². The fourth-order valence-electron chi connectivity index (χ4n) is 2.73. The van der Waals surface area contributed by atoms with E-state index < -0.39 is 5.67 Å². The Morgan fingerprint density at radius 2 is 2.42 bits per heavy atom. The summed E-state index contributed by atoms with van der Waals surface area (Å²) in [4.78, 5) is 0. The summed E-state index contributed by atoms with van der Waals surface area (Å²) in [6.45, 7) is 8.57. The van der Waals surface area contributed by atoms with E-state index in [0.29, 0.717) is 19.4 Å².